The number of carbonyl (C=O) groups is 2. The van der Waals surface area contributed by atoms with Crippen LogP contribution in [0.15, 0.2) is 42.0 Å². The zero-order valence-electron chi connectivity index (χ0n) is 14.9. The van der Waals surface area contributed by atoms with Crippen molar-refractivity contribution in [3.8, 4) is 17.2 Å². The van der Waals surface area contributed by atoms with Crippen molar-refractivity contribution < 1.29 is 24.2 Å². The van der Waals surface area contributed by atoms with E-state index >= 15 is 0 Å². The Kier molecular flexibility index (Phi) is 5.84. The molecule has 7 nitrogen and oxygen atoms in total. The summed E-state index contributed by atoms with van der Waals surface area (Å²) in [4.78, 5) is 26.6. The highest BCUT2D eigenvalue weighted by molar-refractivity contribution is 14.1. The predicted octanol–water partition coefficient (Wildman–Crippen LogP) is 2.85. The van der Waals surface area contributed by atoms with Crippen LogP contribution < -0.4 is 19.7 Å². The van der Waals surface area contributed by atoms with Crippen LogP contribution in [-0.2, 0) is 9.59 Å². The van der Waals surface area contributed by atoms with Crippen molar-refractivity contribution in [1.29, 1.82) is 0 Å². The third-order valence-electron chi connectivity index (χ3n) is 4.01. The summed E-state index contributed by atoms with van der Waals surface area (Å²) in [7, 11) is 2.96. The Labute approximate surface area is 180 Å². The smallest absolute Gasteiger partial charge is 0.270 e. The monoisotopic (exact) mass is 510 g/mol. The van der Waals surface area contributed by atoms with Gasteiger partial charge in [0.05, 0.1) is 23.5 Å². The summed E-state index contributed by atoms with van der Waals surface area (Å²) >= 11 is 7.12. The minimum Gasteiger partial charge on any atom is -0.504 e. The third kappa shape index (κ3) is 3.80. The molecule has 3 rings (SSSR count). The molecule has 2 aromatic carbocycles. The van der Waals surface area contributed by atoms with Crippen LogP contribution in [-0.4, -0.2) is 36.3 Å². The number of hydrogen-bond donors (Lipinski definition) is 2. The van der Waals surface area contributed by atoms with Crippen LogP contribution in [0, 0.1) is 3.57 Å². The van der Waals surface area contributed by atoms with Crippen LogP contribution in [0.4, 0.5) is 5.69 Å². The first-order chi connectivity index (χ1) is 13.3. The lowest BCUT2D eigenvalue weighted by molar-refractivity contribution is -0.122. The molecule has 2 aromatic rings. The van der Waals surface area contributed by atoms with Gasteiger partial charge in [-0.25, -0.2) is 0 Å². The van der Waals surface area contributed by atoms with Crippen LogP contribution in [0.1, 0.15) is 5.56 Å². The molecule has 0 aliphatic carbocycles. The van der Waals surface area contributed by atoms with E-state index in [1.54, 1.807) is 37.4 Å². The summed E-state index contributed by atoms with van der Waals surface area (Å²) in [5.41, 5.74) is 0.938. The molecular formula is C19H15IN2O5S. The fourth-order valence-electron chi connectivity index (χ4n) is 2.62. The number of hydrogen-bond acceptors (Lipinski definition) is 6. The van der Waals surface area contributed by atoms with E-state index in [2.05, 4.69) is 5.32 Å². The second kappa shape index (κ2) is 8.15. The second-order valence-electron chi connectivity index (χ2n) is 5.71. The number of benzene rings is 2. The molecule has 2 N–H and O–H groups in total. The molecule has 144 valence electrons. The maximum Gasteiger partial charge on any atom is 0.270 e. The summed E-state index contributed by atoms with van der Waals surface area (Å²) < 4.78 is 10.8. The van der Waals surface area contributed by atoms with Gasteiger partial charge in [0.1, 0.15) is 11.3 Å². The Balaban J connectivity index is 2.02. The highest BCUT2D eigenvalue weighted by Crippen LogP contribution is 2.33. The quantitative estimate of drug-likeness (QED) is 0.285. The Morgan fingerprint density at radius 2 is 1.82 bits per heavy atom. The lowest BCUT2D eigenvalue weighted by Gasteiger charge is -2.29. The largest absolute Gasteiger partial charge is 0.504 e. The lowest BCUT2D eigenvalue weighted by Crippen LogP contribution is -2.54. The molecule has 1 saturated heterocycles. The number of halogens is 1. The molecule has 1 heterocycles. The van der Waals surface area contributed by atoms with Gasteiger partial charge in [0, 0.05) is 0 Å². The molecule has 2 amide bonds. The van der Waals surface area contributed by atoms with Gasteiger partial charge in [-0.3, -0.25) is 19.8 Å². The first kappa shape index (κ1) is 20.1. The van der Waals surface area contributed by atoms with E-state index in [0.29, 0.717) is 20.6 Å². The van der Waals surface area contributed by atoms with Gasteiger partial charge in [-0.05, 0) is 82.8 Å². The van der Waals surface area contributed by atoms with E-state index < -0.39 is 11.8 Å². The number of nitrogens with zero attached hydrogens (tertiary/aromatic N) is 1. The Morgan fingerprint density at radius 3 is 2.43 bits per heavy atom. The fourth-order valence-corrected chi connectivity index (χ4v) is 3.53. The minimum atomic E-state index is -0.596. The molecule has 0 spiro atoms. The average Bonchev–Trinajstić information content (AvgIpc) is 2.68. The molecule has 0 saturated carbocycles. The first-order valence-electron chi connectivity index (χ1n) is 7.97. The minimum absolute atomic E-state index is 0.00446. The summed E-state index contributed by atoms with van der Waals surface area (Å²) in [6, 6.07) is 9.90. The number of carbonyl (C=O) groups excluding carboxylic acids is 2. The van der Waals surface area contributed by atoms with Crippen LogP contribution in [0.2, 0.25) is 0 Å². The summed E-state index contributed by atoms with van der Waals surface area (Å²) in [6.07, 6.45) is 1.43. The number of aromatic hydroxyl groups is 1. The van der Waals surface area contributed by atoms with E-state index in [4.69, 9.17) is 21.7 Å². The van der Waals surface area contributed by atoms with Crippen molar-refractivity contribution in [2.45, 2.75) is 0 Å². The molecule has 0 aromatic heterocycles. The summed E-state index contributed by atoms with van der Waals surface area (Å²) in [6.45, 7) is 0. The molecular weight excluding hydrogens is 495 g/mol. The van der Waals surface area contributed by atoms with Gasteiger partial charge in [-0.15, -0.1) is 0 Å². The van der Waals surface area contributed by atoms with Gasteiger partial charge in [-0.2, -0.15) is 0 Å². The number of anilines is 1. The number of ether oxygens (including phenoxy) is 2. The molecule has 1 aliphatic rings. The number of phenols is 1. The third-order valence-corrected chi connectivity index (χ3v) is 5.12. The summed E-state index contributed by atoms with van der Waals surface area (Å²) in [5, 5.41) is 12.5. The van der Waals surface area contributed by atoms with Gasteiger partial charge in [0.25, 0.3) is 11.8 Å². The molecule has 0 bridgehead atoms. The van der Waals surface area contributed by atoms with Crippen molar-refractivity contribution >= 4 is 63.5 Å². The number of phenolic OH excluding ortho intramolecular Hbond substituents is 1. The molecule has 28 heavy (non-hydrogen) atoms. The van der Waals surface area contributed by atoms with E-state index in [1.165, 1.54) is 24.2 Å². The second-order valence-corrected chi connectivity index (χ2v) is 7.26. The zero-order chi connectivity index (χ0) is 20.4. The fraction of sp³-hybridized carbons (Fsp3) is 0.105. The summed E-state index contributed by atoms with van der Waals surface area (Å²) in [5.74, 6) is -0.289. The standard InChI is InChI=1S/C19H15IN2O5S/c1-26-12-5-3-11(4-6-12)22-18(25)13(17(24)21-19(22)28)7-10-8-14(20)16(23)15(9-10)27-2/h3-9,23H,1-2H3,(H,21,24,28). The zero-order valence-corrected chi connectivity index (χ0v) is 17.8. The normalized spacial score (nSPS) is 15.6. The number of methoxy groups -OCH3 is 2. The van der Waals surface area contributed by atoms with E-state index in [9.17, 15) is 14.7 Å². The molecule has 1 aliphatic heterocycles. The van der Waals surface area contributed by atoms with E-state index in [1.807, 2.05) is 22.6 Å². The van der Waals surface area contributed by atoms with Crippen LogP contribution >= 0.6 is 34.8 Å². The topological polar surface area (TPSA) is 88.1 Å². The van der Waals surface area contributed by atoms with Crippen molar-refractivity contribution in [3.05, 3.63) is 51.1 Å². The van der Waals surface area contributed by atoms with Gasteiger partial charge in [0.15, 0.2) is 16.6 Å². The van der Waals surface area contributed by atoms with Crippen molar-refractivity contribution in [2.24, 2.45) is 0 Å². The molecule has 0 unspecified atom stereocenters. The number of amides is 2. The first-order valence-corrected chi connectivity index (χ1v) is 9.46. The van der Waals surface area contributed by atoms with E-state index in [0.717, 1.165) is 0 Å². The van der Waals surface area contributed by atoms with E-state index in [-0.39, 0.29) is 22.2 Å². The Bertz CT molecular complexity index is 1000. The lowest BCUT2D eigenvalue weighted by atomic mass is 10.1. The highest BCUT2D eigenvalue weighted by Gasteiger charge is 2.34. The maximum atomic E-state index is 13.0. The van der Waals surface area contributed by atoms with Crippen LogP contribution in [0.3, 0.4) is 0 Å². The predicted molar refractivity (Wildman–Crippen MR) is 117 cm³/mol. The molecule has 1 fully saturated rings. The van der Waals surface area contributed by atoms with Gasteiger partial charge < -0.3 is 14.6 Å². The highest BCUT2D eigenvalue weighted by atomic mass is 127. The van der Waals surface area contributed by atoms with Crippen LogP contribution in [0.5, 0.6) is 17.2 Å². The number of thiocarbonyl (C=S) groups is 1. The average molecular weight is 510 g/mol. The molecule has 0 atom stereocenters. The van der Waals surface area contributed by atoms with Crippen molar-refractivity contribution in [2.75, 3.05) is 19.1 Å². The van der Waals surface area contributed by atoms with Gasteiger partial charge in [0.2, 0.25) is 0 Å². The number of rotatable bonds is 4. The Morgan fingerprint density at radius 1 is 1.14 bits per heavy atom. The van der Waals surface area contributed by atoms with Gasteiger partial charge in [-0.1, -0.05) is 0 Å². The molecule has 0 radical (unpaired) electrons. The maximum absolute atomic E-state index is 13.0. The van der Waals surface area contributed by atoms with Gasteiger partial charge >= 0.3 is 0 Å². The Hall–Kier alpha value is -2.66. The van der Waals surface area contributed by atoms with Crippen molar-refractivity contribution in [3.63, 3.8) is 0 Å². The SMILES string of the molecule is COc1ccc(N2C(=O)C(=Cc3cc(I)c(O)c(OC)c3)C(=O)NC2=S)cc1. The molecule has 9 heteroatoms. The number of nitrogens with one attached hydrogen (secondary N) is 1. The van der Waals surface area contributed by atoms with Crippen molar-refractivity contribution in [1.82, 2.24) is 5.32 Å². The van der Waals surface area contributed by atoms with Crippen LogP contribution in [0.25, 0.3) is 6.08 Å².